The summed E-state index contributed by atoms with van der Waals surface area (Å²) < 4.78 is 0. The van der Waals surface area contributed by atoms with Crippen molar-refractivity contribution in [1.29, 1.82) is 0 Å². The molecule has 0 N–H and O–H groups in total. The molecule has 0 amide bonds. The Morgan fingerprint density at radius 3 is 2.78 bits per heavy atom. The molecule has 1 aromatic carbocycles. The van der Waals surface area contributed by atoms with Crippen molar-refractivity contribution < 1.29 is 0 Å². The Morgan fingerprint density at radius 2 is 2.17 bits per heavy atom. The Morgan fingerprint density at radius 1 is 1.39 bits per heavy atom. The van der Waals surface area contributed by atoms with Gasteiger partial charge in [0, 0.05) is 18.6 Å². The van der Waals surface area contributed by atoms with Gasteiger partial charge in [-0.05, 0) is 29.9 Å². The van der Waals surface area contributed by atoms with Crippen molar-refractivity contribution in [3.05, 3.63) is 33.8 Å². The van der Waals surface area contributed by atoms with Gasteiger partial charge >= 0.3 is 0 Å². The third kappa shape index (κ3) is 3.35. The molecule has 18 heavy (non-hydrogen) atoms. The second-order valence-electron chi connectivity index (χ2n) is 3.85. The van der Waals surface area contributed by atoms with Crippen LogP contribution in [0, 0.1) is 0 Å². The Bertz CT molecular complexity index is 493. The van der Waals surface area contributed by atoms with Crippen LogP contribution in [0.4, 0.5) is 0 Å². The Labute approximate surface area is 126 Å². The Balaban J connectivity index is 1.84. The van der Waals surface area contributed by atoms with Crippen LogP contribution < -0.4 is 0 Å². The molecule has 2 rings (SSSR count). The van der Waals surface area contributed by atoms with E-state index in [4.69, 9.17) is 35.4 Å². The number of benzene rings is 1. The smallest absolute Gasteiger partial charge is 0.217 e. The van der Waals surface area contributed by atoms with Gasteiger partial charge in [0.2, 0.25) is 5.11 Å². The molecule has 0 saturated heterocycles. The van der Waals surface area contributed by atoms with Crippen molar-refractivity contribution in [2.75, 3.05) is 12.8 Å². The lowest BCUT2D eigenvalue weighted by Gasteiger charge is -2.16. The zero-order valence-corrected chi connectivity index (χ0v) is 12.8. The molecule has 3 nitrogen and oxygen atoms in total. The van der Waals surface area contributed by atoms with Gasteiger partial charge in [0.25, 0.3) is 0 Å². The number of hydrogen-bond acceptors (Lipinski definition) is 3. The van der Waals surface area contributed by atoms with Crippen molar-refractivity contribution >= 4 is 52.3 Å². The molecule has 1 aliphatic heterocycles. The van der Waals surface area contributed by atoms with Gasteiger partial charge in [-0.1, -0.05) is 29.3 Å². The molecule has 1 heterocycles. The lowest BCUT2D eigenvalue weighted by molar-refractivity contribution is 0.435. The van der Waals surface area contributed by atoms with Crippen molar-refractivity contribution in [1.82, 2.24) is 4.90 Å². The van der Waals surface area contributed by atoms with E-state index in [1.54, 1.807) is 11.8 Å². The van der Waals surface area contributed by atoms with Crippen LogP contribution in [0.1, 0.15) is 5.56 Å². The Kier molecular flexibility index (Phi) is 4.84. The maximum absolute atomic E-state index is 5.96. The molecule has 1 atom stereocenters. The molecule has 0 radical (unpaired) electrons. The molecule has 1 aliphatic rings. The number of azo groups is 1. The summed E-state index contributed by atoms with van der Waals surface area (Å²) in [5.74, 6) is 1.71. The molecule has 1 aromatic rings. The third-order valence-electron chi connectivity index (χ3n) is 2.55. The minimum Gasteiger partial charge on any atom is -0.325 e. The van der Waals surface area contributed by atoms with Gasteiger partial charge < -0.3 is 4.90 Å². The van der Waals surface area contributed by atoms with Crippen LogP contribution in [0.15, 0.2) is 28.4 Å². The molecule has 1 unspecified atom stereocenters. The van der Waals surface area contributed by atoms with Gasteiger partial charge in [0.05, 0.1) is 10.0 Å². The van der Waals surface area contributed by atoms with Crippen LogP contribution in [0.25, 0.3) is 0 Å². The van der Waals surface area contributed by atoms with E-state index in [0.717, 1.165) is 17.1 Å². The number of nitrogens with zero attached hydrogens (tertiary/aromatic N) is 3. The summed E-state index contributed by atoms with van der Waals surface area (Å²) in [7, 11) is 1.91. The van der Waals surface area contributed by atoms with Crippen molar-refractivity contribution in [3.63, 3.8) is 0 Å². The molecule has 0 spiro atoms. The summed E-state index contributed by atoms with van der Waals surface area (Å²) in [4.78, 5) is 1.90. The van der Waals surface area contributed by atoms with Crippen molar-refractivity contribution in [2.45, 2.75) is 11.9 Å². The second kappa shape index (κ2) is 6.19. The molecule has 0 saturated carbocycles. The van der Waals surface area contributed by atoms with E-state index >= 15 is 0 Å². The molecular weight excluding hydrogens is 309 g/mol. The standard InChI is InChI=1S/C11H11Cl2N3S2/c1-16-10(14-15-11(16)17)6-18-5-7-2-3-8(12)9(13)4-7/h2-4,10H,5-6H2,1H3. The molecule has 96 valence electrons. The second-order valence-corrected chi connectivity index (χ2v) is 6.06. The average Bonchev–Trinajstić information content (AvgIpc) is 2.66. The first-order valence-electron chi connectivity index (χ1n) is 5.27. The van der Waals surface area contributed by atoms with Gasteiger partial charge in [-0.15, -0.1) is 5.11 Å². The molecule has 0 aromatic heterocycles. The lowest BCUT2D eigenvalue weighted by atomic mass is 10.2. The highest BCUT2D eigenvalue weighted by Gasteiger charge is 2.21. The zero-order valence-electron chi connectivity index (χ0n) is 9.64. The molecule has 0 bridgehead atoms. The van der Waals surface area contributed by atoms with Gasteiger partial charge in [-0.25, -0.2) is 0 Å². The highest BCUT2D eigenvalue weighted by molar-refractivity contribution is 7.98. The van der Waals surface area contributed by atoms with Crippen LogP contribution in [0.3, 0.4) is 0 Å². The number of rotatable bonds is 4. The van der Waals surface area contributed by atoms with Gasteiger partial charge in [-0.2, -0.15) is 16.9 Å². The van der Waals surface area contributed by atoms with E-state index in [1.807, 2.05) is 30.1 Å². The molecule has 0 aliphatic carbocycles. The summed E-state index contributed by atoms with van der Waals surface area (Å²) in [6, 6.07) is 5.68. The fourth-order valence-electron chi connectivity index (χ4n) is 1.45. The molecule has 7 heteroatoms. The summed E-state index contributed by atoms with van der Waals surface area (Å²) in [6.07, 6.45) is 0.0465. The van der Waals surface area contributed by atoms with Crippen LogP contribution in [0.5, 0.6) is 0 Å². The molecule has 0 fully saturated rings. The van der Waals surface area contributed by atoms with Crippen LogP contribution in [-0.2, 0) is 5.75 Å². The fraction of sp³-hybridized carbons (Fsp3) is 0.364. The predicted octanol–water partition coefficient (Wildman–Crippen LogP) is 4.24. The molecular formula is C11H11Cl2N3S2. The van der Waals surface area contributed by atoms with Gasteiger partial charge in [0.1, 0.15) is 0 Å². The van der Waals surface area contributed by atoms with E-state index in [9.17, 15) is 0 Å². The topological polar surface area (TPSA) is 28.0 Å². The largest absolute Gasteiger partial charge is 0.325 e. The van der Waals surface area contributed by atoms with Crippen molar-refractivity contribution in [2.24, 2.45) is 10.2 Å². The first kappa shape index (κ1) is 14.1. The third-order valence-corrected chi connectivity index (χ3v) is 4.72. The summed E-state index contributed by atoms with van der Waals surface area (Å²) >= 11 is 18.6. The van der Waals surface area contributed by atoms with E-state index < -0.39 is 0 Å². The predicted molar refractivity (Wildman–Crippen MR) is 81.6 cm³/mol. The zero-order chi connectivity index (χ0) is 13.1. The first-order valence-corrected chi connectivity index (χ1v) is 7.59. The van der Waals surface area contributed by atoms with E-state index in [0.29, 0.717) is 15.2 Å². The van der Waals surface area contributed by atoms with Crippen LogP contribution in [-0.4, -0.2) is 29.0 Å². The Hall–Kier alpha value is -0.360. The van der Waals surface area contributed by atoms with Gasteiger partial charge in [-0.3, -0.25) is 0 Å². The van der Waals surface area contributed by atoms with Crippen molar-refractivity contribution in [3.8, 4) is 0 Å². The monoisotopic (exact) mass is 319 g/mol. The summed E-state index contributed by atoms with van der Waals surface area (Å²) in [5, 5.41) is 9.71. The minimum atomic E-state index is 0.0465. The van der Waals surface area contributed by atoms with Crippen LogP contribution in [0.2, 0.25) is 10.0 Å². The number of thiocarbonyl (C=S) groups is 1. The quantitative estimate of drug-likeness (QED) is 0.777. The number of halogens is 2. The fourth-order valence-corrected chi connectivity index (χ4v) is 2.97. The highest BCUT2D eigenvalue weighted by Crippen LogP contribution is 2.25. The maximum atomic E-state index is 5.96. The average molecular weight is 320 g/mol. The first-order chi connectivity index (χ1) is 8.58. The summed E-state index contributed by atoms with van der Waals surface area (Å²) in [5.41, 5.74) is 1.15. The van der Waals surface area contributed by atoms with E-state index in [2.05, 4.69) is 10.2 Å². The number of thioether (sulfide) groups is 1. The SMILES string of the molecule is CN1C(=S)N=NC1CSCc1ccc(Cl)c(Cl)c1. The highest BCUT2D eigenvalue weighted by atomic mass is 35.5. The van der Waals surface area contributed by atoms with E-state index in [-0.39, 0.29) is 6.17 Å². The lowest BCUT2D eigenvalue weighted by Crippen LogP contribution is -2.30. The summed E-state index contributed by atoms with van der Waals surface area (Å²) in [6.45, 7) is 0. The van der Waals surface area contributed by atoms with Gasteiger partial charge in [0.15, 0.2) is 6.17 Å². The van der Waals surface area contributed by atoms with E-state index in [1.165, 1.54) is 0 Å². The van der Waals surface area contributed by atoms with Crippen LogP contribution >= 0.6 is 47.2 Å². The maximum Gasteiger partial charge on any atom is 0.217 e. The number of hydrogen-bond donors (Lipinski definition) is 0. The normalized spacial score (nSPS) is 18.7. The minimum absolute atomic E-state index is 0.0465.